The van der Waals surface area contributed by atoms with E-state index in [0.717, 1.165) is 31.7 Å². The van der Waals surface area contributed by atoms with Crippen LogP contribution in [0, 0.1) is 18.6 Å². The molecule has 0 radical (unpaired) electrons. The van der Waals surface area contributed by atoms with E-state index in [0.29, 0.717) is 11.1 Å². The first kappa shape index (κ1) is 20.5. The highest BCUT2D eigenvalue weighted by molar-refractivity contribution is 7.89. The predicted molar refractivity (Wildman–Crippen MR) is 100 cm³/mol. The quantitative estimate of drug-likeness (QED) is 0.684. The number of rotatable bonds is 8. The van der Waals surface area contributed by atoms with Crippen molar-refractivity contribution in [3.8, 4) is 11.1 Å². The Morgan fingerprint density at radius 1 is 0.962 bits per heavy atom. The molecule has 0 saturated heterocycles. The number of hydrogen-bond donors (Lipinski definition) is 1. The number of halogens is 2. The summed E-state index contributed by atoms with van der Waals surface area (Å²) in [7, 11) is -3.65. The van der Waals surface area contributed by atoms with Crippen LogP contribution in [0.3, 0.4) is 0 Å². The predicted octanol–water partition coefficient (Wildman–Crippen LogP) is 5.19. The van der Waals surface area contributed by atoms with Crippen molar-refractivity contribution >= 4 is 10.0 Å². The molecule has 2 aromatic rings. The minimum atomic E-state index is -3.65. The Morgan fingerprint density at radius 2 is 1.58 bits per heavy atom. The van der Waals surface area contributed by atoms with Crippen LogP contribution in [0.5, 0.6) is 0 Å². The number of nitrogens with one attached hydrogen (secondary N) is 1. The van der Waals surface area contributed by atoms with Gasteiger partial charge in [0.2, 0.25) is 10.0 Å². The summed E-state index contributed by atoms with van der Waals surface area (Å²) in [6.07, 6.45) is 3.36. The molecule has 6 heteroatoms. The Hall–Kier alpha value is -1.79. The average molecular weight is 381 g/mol. The molecule has 2 aromatic carbocycles. The van der Waals surface area contributed by atoms with E-state index in [2.05, 4.69) is 4.72 Å². The Bertz CT molecular complexity index is 860. The fourth-order valence-electron chi connectivity index (χ4n) is 3.06. The van der Waals surface area contributed by atoms with Crippen LogP contribution in [-0.4, -0.2) is 14.5 Å². The van der Waals surface area contributed by atoms with Gasteiger partial charge in [0.15, 0.2) is 0 Å². The molecule has 0 atom stereocenters. The number of sulfonamides is 1. The lowest BCUT2D eigenvalue weighted by molar-refractivity contribution is 0.494. The highest BCUT2D eigenvalue weighted by atomic mass is 32.2. The lowest BCUT2D eigenvalue weighted by Gasteiger charge is -2.18. The van der Waals surface area contributed by atoms with E-state index in [1.807, 2.05) is 13.8 Å². The van der Waals surface area contributed by atoms with Crippen LogP contribution in [0.1, 0.15) is 45.1 Å². The summed E-state index contributed by atoms with van der Waals surface area (Å²) in [5.41, 5.74) is 1.40. The van der Waals surface area contributed by atoms with Crippen molar-refractivity contribution < 1.29 is 17.2 Å². The maximum Gasteiger partial charge on any atom is 0.240 e. The van der Waals surface area contributed by atoms with Crippen molar-refractivity contribution in [3.05, 3.63) is 53.6 Å². The van der Waals surface area contributed by atoms with E-state index >= 15 is 0 Å². The van der Waals surface area contributed by atoms with Crippen molar-refractivity contribution in [2.24, 2.45) is 0 Å². The molecule has 0 aromatic heterocycles. The van der Waals surface area contributed by atoms with Gasteiger partial charge < -0.3 is 0 Å². The second kappa shape index (κ2) is 8.73. The molecule has 0 bridgehead atoms. The molecule has 3 nitrogen and oxygen atoms in total. The molecule has 2 rings (SSSR count). The summed E-state index contributed by atoms with van der Waals surface area (Å²) in [4.78, 5) is 0.151. The van der Waals surface area contributed by atoms with Gasteiger partial charge in [0, 0.05) is 17.7 Å². The smallest absolute Gasteiger partial charge is 0.208 e. The van der Waals surface area contributed by atoms with E-state index in [1.165, 1.54) is 24.3 Å². The van der Waals surface area contributed by atoms with Crippen molar-refractivity contribution in [1.29, 1.82) is 0 Å². The van der Waals surface area contributed by atoms with Crippen molar-refractivity contribution in [2.75, 3.05) is 0 Å². The minimum Gasteiger partial charge on any atom is -0.208 e. The summed E-state index contributed by atoms with van der Waals surface area (Å²) in [5.74, 6) is -1.32. The maximum absolute atomic E-state index is 14.0. The van der Waals surface area contributed by atoms with Crippen LogP contribution in [0.2, 0.25) is 0 Å². The monoisotopic (exact) mass is 381 g/mol. The normalized spacial score (nSPS) is 11.9. The van der Waals surface area contributed by atoms with Gasteiger partial charge in [0.1, 0.15) is 11.6 Å². The summed E-state index contributed by atoms with van der Waals surface area (Å²) >= 11 is 0. The number of hydrogen-bond acceptors (Lipinski definition) is 2. The number of benzene rings is 2. The SMILES string of the molecule is CCCC(CCC)NS(=O)(=O)c1ccc(-c2ccc(F)cc2F)c(C)c1. The Labute approximate surface area is 154 Å². The third-order valence-electron chi connectivity index (χ3n) is 4.33. The summed E-state index contributed by atoms with van der Waals surface area (Å²) in [6.45, 7) is 5.76. The zero-order chi connectivity index (χ0) is 19.3. The molecule has 0 amide bonds. The van der Waals surface area contributed by atoms with Gasteiger partial charge in [-0.15, -0.1) is 0 Å². The molecule has 1 N–H and O–H groups in total. The lowest BCUT2D eigenvalue weighted by atomic mass is 10.0. The zero-order valence-electron chi connectivity index (χ0n) is 15.4. The van der Waals surface area contributed by atoms with Crippen molar-refractivity contribution in [3.63, 3.8) is 0 Å². The van der Waals surface area contributed by atoms with Crippen LogP contribution < -0.4 is 4.72 Å². The topological polar surface area (TPSA) is 46.2 Å². The molecule has 0 saturated carbocycles. The number of aryl methyl sites for hydroxylation is 1. The standard InChI is InChI=1S/C20H25F2NO2S/c1-4-6-16(7-5-2)23-26(24,25)17-9-11-18(14(3)12-17)19-10-8-15(21)13-20(19)22/h8-13,16,23H,4-7H2,1-3H3. The van der Waals surface area contributed by atoms with E-state index in [4.69, 9.17) is 0 Å². The van der Waals surface area contributed by atoms with E-state index in [-0.39, 0.29) is 16.5 Å². The van der Waals surface area contributed by atoms with E-state index in [9.17, 15) is 17.2 Å². The summed E-state index contributed by atoms with van der Waals surface area (Å²) in [6, 6.07) is 7.82. The molecule has 0 aliphatic rings. The first-order valence-corrected chi connectivity index (χ1v) is 10.3. The highest BCUT2D eigenvalue weighted by Crippen LogP contribution is 2.28. The van der Waals surface area contributed by atoms with Crippen LogP contribution in [-0.2, 0) is 10.0 Å². The van der Waals surface area contributed by atoms with Gasteiger partial charge in [-0.2, -0.15) is 0 Å². The van der Waals surface area contributed by atoms with Crippen LogP contribution in [0.4, 0.5) is 8.78 Å². The van der Waals surface area contributed by atoms with Gasteiger partial charge in [-0.05, 0) is 55.2 Å². The largest absolute Gasteiger partial charge is 0.240 e. The Balaban J connectivity index is 2.33. The maximum atomic E-state index is 14.0. The van der Waals surface area contributed by atoms with Crippen LogP contribution >= 0.6 is 0 Å². The fraction of sp³-hybridized carbons (Fsp3) is 0.400. The summed E-state index contributed by atoms with van der Waals surface area (Å²) < 4.78 is 55.2. The van der Waals surface area contributed by atoms with Crippen LogP contribution in [0.15, 0.2) is 41.3 Å². The molecular formula is C20H25F2NO2S. The molecule has 0 fully saturated rings. The molecule has 0 aliphatic carbocycles. The molecule has 0 aliphatic heterocycles. The van der Waals surface area contributed by atoms with Crippen molar-refractivity contribution in [2.45, 2.75) is 57.4 Å². The first-order valence-electron chi connectivity index (χ1n) is 8.86. The molecule has 0 spiro atoms. The third-order valence-corrected chi connectivity index (χ3v) is 5.84. The van der Waals surface area contributed by atoms with Gasteiger partial charge in [-0.25, -0.2) is 21.9 Å². The molecule has 0 heterocycles. The van der Waals surface area contributed by atoms with Gasteiger partial charge in [-0.3, -0.25) is 0 Å². The van der Waals surface area contributed by atoms with Gasteiger partial charge in [-0.1, -0.05) is 32.8 Å². The fourth-order valence-corrected chi connectivity index (χ4v) is 4.45. The minimum absolute atomic E-state index is 0.0930. The van der Waals surface area contributed by atoms with E-state index in [1.54, 1.807) is 13.0 Å². The molecular weight excluding hydrogens is 356 g/mol. The average Bonchev–Trinajstić information content (AvgIpc) is 2.55. The van der Waals surface area contributed by atoms with Crippen molar-refractivity contribution in [1.82, 2.24) is 4.72 Å². The summed E-state index contributed by atoms with van der Waals surface area (Å²) in [5, 5.41) is 0. The van der Waals surface area contributed by atoms with Gasteiger partial charge in [0.05, 0.1) is 4.90 Å². The molecule has 142 valence electrons. The van der Waals surface area contributed by atoms with Gasteiger partial charge >= 0.3 is 0 Å². The Kier molecular flexibility index (Phi) is 6.89. The lowest BCUT2D eigenvalue weighted by Crippen LogP contribution is -2.34. The third kappa shape index (κ3) is 4.89. The first-order chi connectivity index (χ1) is 12.3. The highest BCUT2D eigenvalue weighted by Gasteiger charge is 2.20. The van der Waals surface area contributed by atoms with Gasteiger partial charge in [0.25, 0.3) is 0 Å². The zero-order valence-corrected chi connectivity index (χ0v) is 16.2. The van der Waals surface area contributed by atoms with E-state index < -0.39 is 21.7 Å². The molecule has 26 heavy (non-hydrogen) atoms. The molecule has 0 unspecified atom stereocenters. The van der Waals surface area contributed by atoms with Crippen LogP contribution in [0.25, 0.3) is 11.1 Å². The second-order valence-electron chi connectivity index (χ2n) is 6.50. The Morgan fingerprint density at radius 3 is 2.12 bits per heavy atom. The second-order valence-corrected chi connectivity index (χ2v) is 8.21.